The van der Waals surface area contributed by atoms with Crippen LogP contribution in [0.1, 0.15) is 18.1 Å². The Morgan fingerprint density at radius 3 is 2.75 bits per heavy atom. The first-order chi connectivity index (χ1) is 5.70. The van der Waals surface area contributed by atoms with E-state index in [0.29, 0.717) is 12.0 Å². The number of aryl methyl sites for hydroxylation is 1. The Balaban J connectivity index is 3.36. The van der Waals surface area contributed by atoms with Crippen molar-refractivity contribution in [2.45, 2.75) is 13.3 Å². The number of nitriles is 1. The molecule has 1 aromatic carbocycles. The zero-order valence-corrected chi connectivity index (χ0v) is 6.63. The molecule has 0 saturated heterocycles. The van der Waals surface area contributed by atoms with E-state index in [1.165, 1.54) is 12.1 Å². The average Bonchev–Trinajstić information content (AvgIpc) is 2.06. The average molecular weight is 165 g/mol. The summed E-state index contributed by atoms with van der Waals surface area (Å²) in [7, 11) is 0. The fourth-order valence-corrected chi connectivity index (χ4v) is 1.00. The Bertz CT molecular complexity index is 341. The molecule has 62 valence electrons. The summed E-state index contributed by atoms with van der Waals surface area (Å²) < 4.78 is 12.8. The van der Waals surface area contributed by atoms with Crippen molar-refractivity contribution < 1.29 is 9.50 Å². The molecule has 0 aliphatic heterocycles. The van der Waals surface area contributed by atoms with Gasteiger partial charge < -0.3 is 5.11 Å². The zero-order chi connectivity index (χ0) is 9.14. The lowest BCUT2D eigenvalue weighted by Gasteiger charge is -2.02. The molecular weight excluding hydrogens is 157 g/mol. The van der Waals surface area contributed by atoms with Crippen molar-refractivity contribution in [3.05, 3.63) is 29.1 Å². The quantitative estimate of drug-likeness (QED) is 0.691. The number of phenols is 1. The van der Waals surface area contributed by atoms with Gasteiger partial charge in [0.15, 0.2) is 0 Å². The van der Waals surface area contributed by atoms with Crippen LogP contribution in [0.4, 0.5) is 4.39 Å². The Labute approximate surface area is 69.9 Å². The summed E-state index contributed by atoms with van der Waals surface area (Å²) >= 11 is 0. The minimum Gasteiger partial charge on any atom is -0.506 e. The number of phenolic OH excluding ortho intramolecular Hbond substituents is 1. The minimum absolute atomic E-state index is 0.236. The van der Waals surface area contributed by atoms with E-state index >= 15 is 0 Å². The van der Waals surface area contributed by atoms with Gasteiger partial charge in [0.25, 0.3) is 0 Å². The van der Waals surface area contributed by atoms with E-state index in [4.69, 9.17) is 5.26 Å². The molecule has 3 heteroatoms. The number of nitrogens with zero attached hydrogens (tertiary/aromatic N) is 1. The number of hydrogen-bond acceptors (Lipinski definition) is 2. The lowest BCUT2D eigenvalue weighted by molar-refractivity contribution is 0.460. The van der Waals surface area contributed by atoms with Gasteiger partial charge in [0.05, 0.1) is 0 Å². The Kier molecular flexibility index (Phi) is 2.29. The molecule has 0 fully saturated rings. The highest BCUT2D eigenvalue weighted by Gasteiger charge is 2.10. The van der Waals surface area contributed by atoms with E-state index in [0.717, 1.165) is 0 Å². The van der Waals surface area contributed by atoms with Gasteiger partial charge in [-0.05, 0) is 18.1 Å². The first kappa shape index (κ1) is 8.54. The van der Waals surface area contributed by atoms with Crippen molar-refractivity contribution in [1.82, 2.24) is 0 Å². The molecule has 0 radical (unpaired) electrons. The van der Waals surface area contributed by atoms with Gasteiger partial charge in [-0.3, -0.25) is 0 Å². The lowest BCUT2D eigenvalue weighted by atomic mass is 10.1. The Morgan fingerprint density at radius 1 is 1.58 bits per heavy atom. The highest BCUT2D eigenvalue weighted by molar-refractivity contribution is 5.48. The minimum atomic E-state index is -0.674. The third-order valence-corrected chi connectivity index (χ3v) is 1.70. The smallest absolute Gasteiger partial charge is 0.144 e. The van der Waals surface area contributed by atoms with Crippen molar-refractivity contribution in [3.63, 3.8) is 0 Å². The Hall–Kier alpha value is -1.56. The number of hydrogen-bond donors (Lipinski definition) is 1. The lowest BCUT2D eigenvalue weighted by Crippen LogP contribution is -1.89. The molecular formula is C9H8FNO. The molecule has 0 saturated carbocycles. The van der Waals surface area contributed by atoms with Gasteiger partial charge in [0, 0.05) is 0 Å². The normalized spacial score (nSPS) is 9.42. The standard InChI is InChI=1S/C9H8FNO/c1-2-6-3-4-8(10)7(5-11)9(6)12/h3-4,12H,2H2,1H3. The maximum Gasteiger partial charge on any atom is 0.144 e. The molecule has 0 amide bonds. The maximum atomic E-state index is 12.8. The van der Waals surface area contributed by atoms with Gasteiger partial charge in [-0.1, -0.05) is 13.0 Å². The number of benzene rings is 1. The van der Waals surface area contributed by atoms with Crippen LogP contribution in [0.15, 0.2) is 12.1 Å². The SMILES string of the molecule is CCc1ccc(F)c(C#N)c1O. The van der Waals surface area contributed by atoms with Crippen LogP contribution in [0.3, 0.4) is 0 Å². The maximum absolute atomic E-state index is 12.8. The van der Waals surface area contributed by atoms with Crippen molar-refractivity contribution in [1.29, 1.82) is 5.26 Å². The topological polar surface area (TPSA) is 44.0 Å². The Morgan fingerprint density at radius 2 is 2.25 bits per heavy atom. The van der Waals surface area contributed by atoms with E-state index in [1.807, 2.05) is 6.92 Å². The summed E-state index contributed by atoms with van der Waals surface area (Å²) in [4.78, 5) is 0. The van der Waals surface area contributed by atoms with Crippen LogP contribution in [0, 0.1) is 17.1 Å². The predicted molar refractivity (Wildman–Crippen MR) is 42.2 cm³/mol. The molecule has 1 rings (SSSR count). The van der Waals surface area contributed by atoms with Crippen molar-refractivity contribution in [2.75, 3.05) is 0 Å². The molecule has 0 bridgehead atoms. The van der Waals surface area contributed by atoms with Crippen molar-refractivity contribution in [3.8, 4) is 11.8 Å². The molecule has 0 aliphatic rings. The zero-order valence-electron chi connectivity index (χ0n) is 6.63. The van der Waals surface area contributed by atoms with E-state index < -0.39 is 5.82 Å². The van der Waals surface area contributed by atoms with Crippen LogP contribution >= 0.6 is 0 Å². The molecule has 1 aromatic rings. The van der Waals surface area contributed by atoms with Gasteiger partial charge in [0.2, 0.25) is 0 Å². The predicted octanol–water partition coefficient (Wildman–Crippen LogP) is 1.97. The van der Waals surface area contributed by atoms with Crippen molar-refractivity contribution in [2.24, 2.45) is 0 Å². The van der Waals surface area contributed by atoms with Crippen LogP contribution < -0.4 is 0 Å². The first-order valence-corrected chi connectivity index (χ1v) is 3.61. The van der Waals surface area contributed by atoms with E-state index in [1.54, 1.807) is 6.07 Å². The molecule has 1 N–H and O–H groups in total. The summed E-state index contributed by atoms with van der Waals surface area (Å²) in [5.41, 5.74) is 0.322. The molecule has 0 aromatic heterocycles. The molecule has 0 heterocycles. The van der Waals surface area contributed by atoms with Gasteiger partial charge in [-0.15, -0.1) is 0 Å². The number of halogens is 1. The van der Waals surface area contributed by atoms with Gasteiger partial charge in [-0.25, -0.2) is 4.39 Å². The fraction of sp³-hybridized carbons (Fsp3) is 0.222. The summed E-state index contributed by atoms with van der Waals surface area (Å²) in [6.45, 7) is 1.83. The second-order valence-electron chi connectivity index (χ2n) is 2.40. The van der Waals surface area contributed by atoms with Crippen LogP contribution in [-0.4, -0.2) is 5.11 Å². The summed E-state index contributed by atoms with van der Waals surface area (Å²) in [5, 5.41) is 17.8. The van der Waals surface area contributed by atoms with Crippen LogP contribution in [0.25, 0.3) is 0 Å². The molecule has 0 spiro atoms. The summed E-state index contributed by atoms with van der Waals surface area (Å²) in [5.74, 6) is -0.910. The third kappa shape index (κ3) is 1.24. The number of rotatable bonds is 1. The van der Waals surface area contributed by atoms with Gasteiger partial charge >= 0.3 is 0 Å². The van der Waals surface area contributed by atoms with Gasteiger partial charge in [0.1, 0.15) is 23.2 Å². The molecule has 0 aliphatic carbocycles. The fourth-order valence-electron chi connectivity index (χ4n) is 1.00. The summed E-state index contributed by atoms with van der Waals surface area (Å²) in [6, 6.07) is 4.28. The van der Waals surface area contributed by atoms with E-state index in [2.05, 4.69) is 0 Å². The van der Waals surface area contributed by atoms with E-state index in [-0.39, 0.29) is 11.3 Å². The molecule has 2 nitrogen and oxygen atoms in total. The van der Waals surface area contributed by atoms with Crippen LogP contribution in [0.5, 0.6) is 5.75 Å². The summed E-state index contributed by atoms with van der Waals surface area (Å²) in [6.07, 6.45) is 0.584. The molecule has 12 heavy (non-hydrogen) atoms. The third-order valence-electron chi connectivity index (χ3n) is 1.70. The highest BCUT2D eigenvalue weighted by Crippen LogP contribution is 2.24. The molecule has 0 unspecified atom stereocenters. The van der Waals surface area contributed by atoms with E-state index in [9.17, 15) is 9.50 Å². The molecule has 0 atom stereocenters. The second kappa shape index (κ2) is 3.22. The monoisotopic (exact) mass is 165 g/mol. The van der Waals surface area contributed by atoms with Crippen molar-refractivity contribution >= 4 is 0 Å². The van der Waals surface area contributed by atoms with Crippen LogP contribution in [0.2, 0.25) is 0 Å². The number of aromatic hydroxyl groups is 1. The largest absolute Gasteiger partial charge is 0.506 e. The van der Waals surface area contributed by atoms with Crippen LogP contribution in [-0.2, 0) is 6.42 Å². The highest BCUT2D eigenvalue weighted by atomic mass is 19.1. The first-order valence-electron chi connectivity index (χ1n) is 3.61. The second-order valence-corrected chi connectivity index (χ2v) is 2.40. The van der Waals surface area contributed by atoms with Gasteiger partial charge in [-0.2, -0.15) is 5.26 Å².